The van der Waals surface area contributed by atoms with E-state index in [9.17, 15) is 24.0 Å². The average Bonchev–Trinajstić information content (AvgIpc) is 3.44. The first-order chi connectivity index (χ1) is 19.1. The third kappa shape index (κ3) is 5.06. The van der Waals surface area contributed by atoms with E-state index in [1.54, 1.807) is 39.0 Å². The lowest BCUT2D eigenvalue weighted by atomic mass is 9.53. The molecule has 3 fully saturated rings. The molecular weight excluding hydrogens is 536 g/mol. The fourth-order valence-corrected chi connectivity index (χ4v) is 7.13. The van der Waals surface area contributed by atoms with Crippen LogP contribution in [-0.2, 0) is 52.4 Å². The first-order valence-electron chi connectivity index (χ1n) is 14.1. The minimum Gasteiger partial charge on any atom is -0.462 e. The molecule has 4 aliphatic rings. The summed E-state index contributed by atoms with van der Waals surface area (Å²) < 4.78 is 35.8. The first kappa shape index (κ1) is 30.7. The first-order valence-corrected chi connectivity index (χ1v) is 14.1. The van der Waals surface area contributed by atoms with Crippen LogP contribution in [0.5, 0.6) is 0 Å². The van der Waals surface area contributed by atoms with E-state index >= 15 is 0 Å². The Balaban J connectivity index is 2.00. The summed E-state index contributed by atoms with van der Waals surface area (Å²) in [6.07, 6.45) is 1.29. The SMILES string of the molecule is CCCC(=O)O[C@H]1C[C@H](OC(C)=O)[C@@]2(C)[C@H](OC(C)=O)/C=C/C(C)=C\[C@@H]3OC(=O)[C@]4(C)O[C@@]34C(OC(C)=O)[C@H]2[C@H]1C. The number of carbonyl (C=O) groups excluding carboxylic acids is 5. The van der Waals surface area contributed by atoms with Gasteiger partial charge in [-0.2, -0.15) is 0 Å². The second-order valence-electron chi connectivity index (χ2n) is 11.9. The predicted octanol–water partition coefficient (Wildman–Crippen LogP) is 3.12. The molecule has 0 bridgehead atoms. The highest BCUT2D eigenvalue weighted by Crippen LogP contribution is 2.65. The van der Waals surface area contributed by atoms with Gasteiger partial charge in [-0.05, 0) is 32.4 Å². The van der Waals surface area contributed by atoms with Gasteiger partial charge in [0.2, 0.25) is 0 Å². The van der Waals surface area contributed by atoms with Gasteiger partial charge < -0.3 is 28.4 Å². The van der Waals surface area contributed by atoms with E-state index in [1.807, 2.05) is 13.8 Å². The molecule has 41 heavy (non-hydrogen) atoms. The number of fused-ring (bicyclic) bond motifs is 1. The Morgan fingerprint density at radius 1 is 1.00 bits per heavy atom. The zero-order valence-corrected chi connectivity index (χ0v) is 24.9. The molecule has 2 aliphatic heterocycles. The Bertz CT molecular complexity index is 1190. The van der Waals surface area contributed by atoms with Gasteiger partial charge in [0.1, 0.15) is 24.4 Å². The molecule has 226 valence electrons. The maximum absolute atomic E-state index is 13.1. The van der Waals surface area contributed by atoms with Crippen LogP contribution in [0.2, 0.25) is 0 Å². The molecule has 11 heteroatoms. The van der Waals surface area contributed by atoms with Crippen molar-refractivity contribution in [1.29, 1.82) is 0 Å². The average molecular weight is 577 g/mol. The monoisotopic (exact) mass is 576 g/mol. The van der Waals surface area contributed by atoms with Gasteiger partial charge in [-0.15, -0.1) is 0 Å². The van der Waals surface area contributed by atoms with Crippen molar-refractivity contribution in [3.8, 4) is 0 Å². The normalized spacial score (nSPS) is 43.0. The Labute approximate surface area is 239 Å². The smallest absolute Gasteiger partial charge is 0.342 e. The van der Waals surface area contributed by atoms with Crippen LogP contribution in [0.15, 0.2) is 23.8 Å². The van der Waals surface area contributed by atoms with Gasteiger partial charge >= 0.3 is 29.8 Å². The molecule has 10 atom stereocenters. The number of carbonyl (C=O) groups is 5. The van der Waals surface area contributed by atoms with Crippen molar-refractivity contribution in [3.63, 3.8) is 0 Å². The fraction of sp³-hybridized carbons (Fsp3) is 0.700. The van der Waals surface area contributed by atoms with E-state index in [1.165, 1.54) is 20.8 Å². The highest BCUT2D eigenvalue weighted by molar-refractivity contribution is 5.89. The van der Waals surface area contributed by atoms with Crippen LogP contribution >= 0.6 is 0 Å². The molecule has 11 nitrogen and oxygen atoms in total. The van der Waals surface area contributed by atoms with E-state index < -0.39 is 88.8 Å². The lowest BCUT2D eigenvalue weighted by molar-refractivity contribution is -0.228. The number of ether oxygens (including phenoxy) is 6. The summed E-state index contributed by atoms with van der Waals surface area (Å²) in [6, 6.07) is 0. The zero-order chi connectivity index (χ0) is 30.5. The summed E-state index contributed by atoms with van der Waals surface area (Å²) in [5.41, 5.74) is -3.42. The number of esters is 5. The summed E-state index contributed by atoms with van der Waals surface area (Å²) in [6.45, 7) is 12.7. The second kappa shape index (κ2) is 10.9. The highest BCUT2D eigenvalue weighted by atomic mass is 16.7. The van der Waals surface area contributed by atoms with Crippen molar-refractivity contribution < 1.29 is 52.4 Å². The number of rotatable bonds is 6. The topological polar surface area (TPSA) is 144 Å². The van der Waals surface area contributed by atoms with Crippen LogP contribution in [0, 0.1) is 17.3 Å². The van der Waals surface area contributed by atoms with Gasteiger partial charge in [0.05, 0.1) is 5.41 Å². The summed E-state index contributed by atoms with van der Waals surface area (Å²) in [4.78, 5) is 63.5. The lowest BCUT2D eigenvalue weighted by Gasteiger charge is -2.56. The Hall–Kier alpha value is -3.21. The number of allylic oxidation sites excluding steroid dienone is 2. The van der Waals surface area contributed by atoms with E-state index in [4.69, 9.17) is 28.4 Å². The Morgan fingerprint density at radius 3 is 2.20 bits per heavy atom. The predicted molar refractivity (Wildman–Crippen MR) is 142 cm³/mol. The maximum Gasteiger partial charge on any atom is 0.342 e. The van der Waals surface area contributed by atoms with Crippen molar-refractivity contribution >= 4 is 29.8 Å². The minimum absolute atomic E-state index is 0.112. The third-order valence-electron chi connectivity index (χ3n) is 9.08. The van der Waals surface area contributed by atoms with E-state index in [0.717, 1.165) is 0 Å². The zero-order valence-electron chi connectivity index (χ0n) is 24.9. The molecule has 0 radical (unpaired) electrons. The lowest BCUT2D eigenvalue weighted by Crippen LogP contribution is -2.66. The molecule has 4 rings (SSSR count). The van der Waals surface area contributed by atoms with Crippen molar-refractivity contribution in [2.75, 3.05) is 0 Å². The second-order valence-corrected chi connectivity index (χ2v) is 11.9. The van der Waals surface area contributed by atoms with Gasteiger partial charge in [-0.3, -0.25) is 19.2 Å². The molecule has 2 saturated heterocycles. The van der Waals surface area contributed by atoms with Gasteiger partial charge in [0, 0.05) is 45.4 Å². The van der Waals surface area contributed by atoms with Crippen molar-refractivity contribution in [1.82, 2.24) is 0 Å². The van der Waals surface area contributed by atoms with Crippen LogP contribution in [0.25, 0.3) is 0 Å². The number of hydrogen-bond donors (Lipinski definition) is 0. The molecule has 0 aromatic carbocycles. The quantitative estimate of drug-likeness (QED) is 0.261. The molecule has 0 amide bonds. The van der Waals surface area contributed by atoms with Crippen LogP contribution in [0.4, 0.5) is 0 Å². The molecule has 1 saturated carbocycles. The summed E-state index contributed by atoms with van der Waals surface area (Å²) in [5.74, 6) is -4.17. The van der Waals surface area contributed by atoms with Gasteiger partial charge in [0.15, 0.2) is 17.3 Å². The number of epoxide rings is 1. The maximum atomic E-state index is 13.1. The molecule has 0 N–H and O–H groups in total. The largest absolute Gasteiger partial charge is 0.462 e. The Morgan fingerprint density at radius 2 is 1.63 bits per heavy atom. The molecule has 2 aliphatic carbocycles. The molecule has 0 aromatic heterocycles. The summed E-state index contributed by atoms with van der Waals surface area (Å²) in [5, 5.41) is 0. The van der Waals surface area contributed by atoms with Crippen LogP contribution < -0.4 is 0 Å². The molecule has 0 aromatic rings. The van der Waals surface area contributed by atoms with Gasteiger partial charge in [-0.1, -0.05) is 32.4 Å². The van der Waals surface area contributed by atoms with Gasteiger partial charge in [0.25, 0.3) is 0 Å². The standard InChI is InChI=1S/C30H40O11/c1-9-10-24(34)39-20-14-22(37-18(5)32)28(7)21(36-17(4)31)12-11-15(2)13-23-30(29(8,41-30)27(35)40-23)26(38-19(6)33)25(28)16(20)3/h11-13,16,20-23,25-26H,9-10,14H2,1-8H3/b12-11+,15-13-/t16-,20-,21+,22-,23-,25+,26?,28+,29-,30+/m0/s1. The van der Waals surface area contributed by atoms with E-state index in [-0.39, 0.29) is 12.8 Å². The fourth-order valence-electron chi connectivity index (χ4n) is 7.13. The molecule has 1 unspecified atom stereocenters. The summed E-state index contributed by atoms with van der Waals surface area (Å²) >= 11 is 0. The minimum atomic E-state index is -1.43. The molecule has 1 spiro atoms. The molecule has 2 heterocycles. The third-order valence-corrected chi connectivity index (χ3v) is 9.08. The van der Waals surface area contributed by atoms with Crippen LogP contribution in [0.1, 0.15) is 74.7 Å². The van der Waals surface area contributed by atoms with Gasteiger partial charge in [-0.25, -0.2) is 4.79 Å². The van der Waals surface area contributed by atoms with Crippen LogP contribution in [0.3, 0.4) is 0 Å². The Kier molecular flexibility index (Phi) is 8.16. The highest BCUT2D eigenvalue weighted by Gasteiger charge is 2.87. The van der Waals surface area contributed by atoms with Crippen molar-refractivity contribution in [2.24, 2.45) is 17.3 Å². The van der Waals surface area contributed by atoms with Crippen molar-refractivity contribution in [2.45, 2.75) is 116 Å². The molecular formula is C30H40O11. The van der Waals surface area contributed by atoms with E-state index in [2.05, 4.69) is 0 Å². The van der Waals surface area contributed by atoms with E-state index in [0.29, 0.717) is 12.0 Å². The van der Waals surface area contributed by atoms with Crippen molar-refractivity contribution in [3.05, 3.63) is 23.8 Å². The van der Waals surface area contributed by atoms with Crippen LogP contribution in [-0.4, -0.2) is 71.6 Å². The summed E-state index contributed by atoms with van der Waals surface area (Å²) in [7, 11) is 0. The number of hydrogen-bond acceptors (Lipinski definition) is 11.